The molecule has 1 unspecified atom stereocenters. The summed E-state index contributed by atoms with van der Waals surface area (Å²) in [5.41, 5.74) is 1.02. The van der Waals surface area contributed by atoms with Crippen molar-refractivity contribution in [2.45, 2.75) is 4.90 Å². The second-order valence-electron chi connectivity index (χ2n) is 2.45. The molecule has 0 radical (unpaired) electrons. The summed E-state index contributed by atoms with van der Waals surface area (Å²) in [6.07, 6.45) is 3.48. The maximum Gasteiger partial charge on any atom is 0.188 e. The van der Waals surface area contributed by atoms with Crippen molar-refractivity contribution in [2.24, 2.45) is 0 Å². The van der Waals surface area contributed by atoms with Crippen LogP contribution in [0.5, 0.6) is 0 Å². The van der Waals surface area contributed by atoms with Gasteiger partial charge in [-0.3, -0.25) is 0 Å². The minimum Gasteiger partial charge on any atom is -0.323 e. The van der Waals surface area contributed by atoms with E-state index in [2.05, 4.69) is 0 Å². The lowest BCUT2D eigenvalue weighted by atomic mass is 10.4. The molecule has 0 saturated carbocycles. The SMILES string of the molecule is O=S(O)c1ccc2cccn2c1. The quantitative estimate of drug-likeness (QED) is 0.678. The third-order valence-electron chi connectivity index (χ3n) is 1.70. The normalized spacial score (nSPS) is 13.4. The number of hydrogen-bond donors (Lipinski definition) is 1. The third-order valence-corrected chi connectivity index (χ3v) is 2.34. The van der Waals surface area contributed by atoms with Gasteiger partial charge in [0.15, 0.2) is 11.1 Å². The van der Waals surface area contributed by atoms with Gasteiger partial charge in [0.25, 0.3) is 0 Å². The maximum absolute atomic E-state index is 10.7. The zero-order valence-corrected chi connectivity index (χ0v) is 6.99. The zero-order chi connectivity index (χ0) is 8.55. The summed E-state index contributed by atoms with van der Waals surface area (Å²) in [5, 5.41) is 0. The first-order valence-electron chi connectivity index (χ1n) is 3.45. The molecule has 0 aliphatic rings. The molecule has 2 heterocycles. The first-order valence-corrected chi connectivity index (χ1v) is 4.55. The fourth-order valence-corrected chi connectivity index (χ4v) is 1.50. The molecule has 0 aliphatic carbocycles. The summed E-state index contributed by atoms with van der Waals surface area (Å²) in [6.45, 7) is 0. The van der Waals surface area contributed by atoms with Crippen LogP contribution in [-0.2, 0) is 11.1 Å². The summed E-state index contributed by atoms with van der Waals surface area (Å²) in [7, 11) is 0. The standard InChI is InChI=1S/C8H7NO2S/c10-12(11)8-4-3-7-2-1-5-9(7)6-8/h1-6H,(H,10,11). The van der Waals surface area contributed by atoms with E-state index in [1.807, 2.05) is 28.8 Å². The molecule has 0 fully saturated rings. The molecule has 0 aliphatic heterocycles. The van der Waals surface area contributed by atoms with E-state index in [0.717, 1.165) is 5.52 Å². The molecule has 1 N–H and O–H groups in total. The topological polar surface area (TPSA) is 41.7 Å². The van der Waals surface area contributed by atoms with Gasteiger partial charge in [-0.05, 0) is 24.3 Å². The van der Waals surface area contributed by atoms with Gasteiger partial charge in [-0.15, -0.1) is 0 Å². The predicted molar refractivity (Wildman–Crippen MR) is 46.4 cm³/mol. The van der Waals surface area contributed by atoms with E-state index in [9.17, 15) is 4.21 Å². The highest BCUT2D eigenvalue weighted by Gasteiger charge is 1.99. The summed E-state index contributed by atoms with van der Waals surface area (Å²) >= 11 is -1.89. The van der Waals surface area contributed by atoms with Gasteiger partial charge >= 0.3 is 0 Å². The van der Waals surface area contributed by atoms with E-state index >= 15 is 0 Å². The van der Waals surface area contributed by atoms with Gasteiger partial charge in [0, 0.05) is 17.9 Å². The molecule has 3 nitrogen and oxygen atoms in total. The Morgan fingerprint density at radius 2 is 2.17 bits per heavy atom. The Kier molecular flexibility index (Phi) is 1.71. The molecule has 0 bridgehead atoms. The van der Waals surface area contributed by atoms with Crippen molar-refractivity contribution in [1.82, 2.24) is 4.40 Å². The second-order valence-corrected chi connectivity index (χ2v) is 3.42. The average molecular weight is 181 g/mol. The first kappa shape index (κ1) is 7.52. The summed E-state index contributed by atoms with van der Waals surface area (Å²) < 4.78 is 21.3. The Morgan fingerprint density at radius 3 is 2.92 bits per heavy atom. The number of fused-ring (bicyclic) bond motifs is 1. The average Bonchev–Trinajstić information content (AvgIpc) is 2.49. The molecular formula is C8H7NO2S. The lowest BCUT2D eigenvalue weighted by molar-refractivity contribution is 0.564. The van der Waals surface area contributed by atoms with E-state index < -0.39 is 11.1 Å². The zero-order valence-electron chi connectivity index (χ0n) is 6.18. The Labute approximate surface area is 71.9 Å². The van der Waals surface area contributed by atoms with Crippen LogP contribution < -0.4 is 0 Å². The predicted octanol–water partition coefficient (Wildman–Crippen LogP) is 1.52. The van der Waals surface area contributed by atoms with Gasteiger partial charge in [0.1, 0.15) is 0 Å². The fraction of sp³-hybridized carbons (Fsp3) is 0. The lowest BCUT2D eigenvalue weighted by Crippen LogP contribution is -1.91. The van der Waals surface area contributed by atoms with Crippen LogP contribution in [0.3, 0.4) is 0 Å². The smallest absolute Gasteiger partial charge is 0.188 e. The largest absolute Gasteiger partial charge is 0.323 e. The molecule has 0 aromatic carbocycles. The van der Waals surface area contributed by atoms with Crippen LogP contribution in [0.25, 0.3) is 5.52 Å². The summed E-state index contributed by atoms with van der Waals surface area (Å²) in [4.78, 5) is 0.415. The molecule has 0 saturated heterocycles. The van der Waals surface area contributed by atoms with Crippen LogP contribution in [0.15, 0.2) is 41.6 Å². The van der Waals surface area contributed by atoms with E-state index in [1.165, 1.54) is 0 Å². The summed E-state index contributed by atoms with van der Waals surface area (Å²) in [6, 6.07) is 7.28. The van der Waals surface area contributed by atoms with Gasteiger partial charge in [-0.25, -0.2) is 4.21 Å². The third kappa shape index (κ3) is 1.15. The Hall–Kier alpha value is -1.13. The fourth-order valence-electron chi connectivity index (χ4n) is 1.12. The van der Waals surface area contributed by atoms with Crippen molar-refractivity contribution >= 4 is 16.6 Å². The monoisotopic (exact) mass is 181 g/mol. The molecule has 2 rings (SSSR count). The van der Waals surface area contributed by atoms with Crippen molar-refractivity contribution in [3.63, 3.8) is 0 Å². The molecular weight excluding hydrogens is 174 g/mol. The minimum absolute atomic E-state index is 0.415. The highest BCUT2D eigenvalue weighted by molar-refractivity contribution is 7.79. The Morgan fingerprint density at radius 1 is 1.33 bits per heavy atom. The van der Waals surface area contributed by atoms with Crippen LogP contribution in [0.2, 0.25) is 0 Å². The van der Waals surface area contributed by atoms with Gasteiger partial charge in [-0.1, -0.05) is 0 Å². The van der Waals surface area contributed by atoms with Gasteiger partial charge in [-0.2, -0.15) is 0 Å². The van der Waals surface area contributed by atoms with Crippen LogP contribution in [0.1, 0.15) is 0 Å². The van der Waals surface area contributed by atoms with Crippen LogP contribution in [0, 0.1) is 0 Å². The Bertz CT molecular complexity index is 435. The molecule has 62 valence electrons. The molecule has 0 amide bonds. The van der Waals surface area contributed by atoms with Crippen molar-refractivity contribution in [1.29, 1.82) is 0 Å². The molecule has 4 heteroatoms. The van der Waals surface area contributed by atoms with Gasteiger partial charge in [0.2, 0.25) is 0 Å². The molecule has 2 aromatic rings. The number of nitrogens with zero attached hydrogens (tertiary/aromatic N) is 1. The van der Waals surface area contributed by atoms with E-state index in [0.29, 0.717) is 4.90 Å². The molecule has 12 heavy (non-hydrogen) atoms. The number of rotatable bonds is 1. The second kappa shape index (κ2) is 2.73. The highest BCUT2D eigenvalue weighted by Crippen LogP contribution is 2.09. The summed E-state index contributed by atoms with van der Waals surface area (Å²) in [5.74, 6) is 0. The number of hydrogen-bond acceptors (Lipinski definition) is 1. The number of aromatic nitrogens is 1. The molecule has 1 atom stereocenters. The highest BCUT2D eigenvalue weighted by atomic mass is 32.2. The van der Waals surface area contributed by atoms with Crippen molar-refractivity contribution in [3.05, 3.63) is 36.7 Å². The van der Waals surface area contributed by atoms with Crippen molar-refractivity contribution in [2.75, 3.05) is 0 Å². The van der Waals surface area contributed by atoms with E-state index in [1.54, 1.807) is 12.3 Å². The Balaban J connectivity index is 2.68. The van der Waals surface area contributed by atoms with Gasteiger partial charge in [0.05, 0.1) is 4.90 Å². The maximum atomic E-state index is 10.7. The molecule has 0 spiro atoms. The van der Waals surface area contributed by atoms with Crippen LogP contribution >= 0.6 is 0 Å². The van der Waals surface area contributed by atoms with E-state index in [4.69, 9.17) is 4.55 Å². The van der Waals surface area contributed by atoms with Crippen LogP contribution in [0.4, 0.5) is 0 Å². The van der Waals surface area contributed by atoms with Crippen molar-refractivity contribution in [3.8, 4) is 0 Å². The van der Waals surface area contributed by atoms with Gasteiger partial charge < -0.3 is 8.95 Å². The van der Waals surface area contributed by atoms with Crippen molar-refractivity contribution < 1.29 is 8.76 Å². The molecule has 2 aromatic heterocycles. The lowest BCUT2D eigenvalue weighted by Gasteiger charge is -1.96. The number of pyridine rings is 1. The first-order chi connectivity index (χ1) is 5.77. The van der Waals surface area contributed by atoms with Crippen LogP contribution in [-0.4, -0.2) is 13.2 Å². The van der Waals surface area contributed by atoms with E-state index in [-0.39, 0.29) is 0 Å². The minimum atomic E-state index is -1.89.